The van der Waals surface area contributed by atoms with Crippen LogP contribution < -0.4 is 15.4 Å². The lowest BCUT2D eigenvalue weighted by Gasteiger charge is -2.14. The number of amides is 1. The Labute approximate surface area is 165 Å². The normalized spacial score (nSPS) is 10.8. The summed E-state index contributed by atoms with van der Waals surface area (Å²) in [6.07, 6.45) is 0.892. The second-order valence-electron chi connectivity index (χ2n) is 6.49. The van der Waals surface area contributed by atoms with Gasteiger partial charge in [-0.1, -0.05) is 43.3 Å². The molecule has 0 heterocycles. The first-order chi connectivity index (χ1) is 13.7. The minimum absolute atomic E-state index is 0.110. The molecule has 1 amide bonds. The summed E-state index contributed by atoms with van der Waals surface area (Å²) >= 11 is 0. The number of aryl methyl sites for hydroxylation is 1. The van der Waals surface area contributed by atoms with Gasteiger partial charge in [0.25, 0.3) is 5.91 Å². The predicted molar refractivity (Wildman–Crippen MR) is 113 cm³/mol. The molecule has 146 valence electrons. The van der Waals surface area contributed by atoms with Crippen molar-refractivity contribution < 1.29 is 14.6 Å². The van der Waals surface area contributed by atoms with Crippen LogP contribution in [0.3, 0.4) is 0 Å². The van der Waals surface area contributed by atoms with Crippen LogP contribution in [-0.2, 0) is 6.42 Å². The summed E-state index contributed by atoms with van der Waals surface area (Å²) in [7, 11) is 0. The maximum absolute atomic E-state index is 12.7. The van der Waals surface area contributed by atoms with Crippen LogP contribution in [0.2, 0.25) is 0 Å². The number of carbonyl (C=O) groups excluding carboxylic acids is 1. The first-order valence-electron chi connectivity index (χ1n) is 9.59. The summed E-state index contributed by atoms with van der Waals surface area (Å²) in [5, 5.41) is 16.8. The zero-order valence-corrected chi connectivity index (χ0v) is 16.1. The van der Waals surface area contributed by atoms with Gasteiger partial charge >= 0.3 is 0 Å². The van der Waals surface area contributed by atoms with E-state index in [9.17, 15) is 4.79 Å². The zero-order chi connectivity index (χ0) is 19.8. The van der Waals surface area contributed by atoms with Gasteiger partial charge in [-0.05, 0) is 36.2 Å². The molecule has 0 unspecified atom stereocenters. The average Bonchev–Trinajstić information content (AvgIpc) is 2.75. The lowest BCUT2D eigenvalue weighted by Crippen LogP contribution is -2.24. The van der Waals surface area contributed by atoms with E-state index in [1.165, 1.54) is 0 Å². The second kappa shape index (κ2) is 9.88. The molecule has 0 spiro atoms. The van der Waals surface area contributed by atoms with E-state index < -0.39 is 0 Å². The van der Waals surface area contributed by atoms with Crippen LogP contribution >= 0.6 is 0 Å². The van der Waals surface area contributed by atoms with Crippen LogP contribution in [-0.4, -0.2) is 37.3 Å². The van der Waals surface area contributed by atoms with E-state index in [0.29, 0.717) is 25.3 Å². The van der Waals surface area contributed by atoms with Crippen LogP contribution in [0.1, 0.15) is 22.8 Å². The van der Waals surface area contributed by atoms with Crippen LogP contribution in [0.25, 0.3) is 10.8 Å². The highest BCUT2D eigenvalue weighted by atomic mass is 16.5. The molecule has 3 aromatic carbocycles. The summed E-state index contributed by atoms with van der Waals surface area (Å²) in [5.74, 6) is 0.648. The van der Waals surface area contributed by atoms with Gasteiger partial charge in [0.2, 0.25) is 0 Å². The SMILES string of the molecule is CCc1cccc(C(=O)Nc2ccc(OCCNCCO)c3ccccc23)c1. The summed E-state index contributed by atoms with van der Waals surface area (Å²) < 4.78 is 5.88. The number of rotatable bonds is 9. The second-order valence-corrected chi connectivity index (χ2v) is 6.49. The topological polar surface area (TPSA) is 70.6 Å². The van der Waals surface area contributed by atoms with E-state index >= 15 is 0 Å². The Bertz CT molecular complexity index is 940. The fourth-order valence-corrected chi connectivity index (χ4v) is 3.07. The van der Waals surface area contributed by atoms with Crippen molar-refractivity contribution in [2.24, 2.45) is 0 Å². The summed E-state index contributed by atoms with van der Waals surface area (Å²) in [6, 6.07) is 19.3. The number of aliphatic hydroxyl groups is 1. The molecule has 0 aromatic heterocycles. The molecule has 0 saturated heterocycles. The van der Waals surface area contributed by atoms with Gasteiger partial charge in [-0.3, -0.25) is 4.79 Å². The molecule has 0 fully saturated rings. The molecule has 3 N–H and O–H groups in total. The van der Waals surface area contributed by atoms with Crippen LogP contribution in [0.5, 0.6) is 5.75 Å². The molecule has 0 bridgehead atoms. The highest BCUT2D eigenvalue weighted by molar-refractivity contribution is 6.10. The third-order valence-corrected chi connectivity index (χ3v) is 4.55. The third kappa shape index (κ3) is 4.88. The van der Waals surface area contributed by atoms with Gasteiger partial charge in [-0.2, -0.15) is 0 Å². The number of anilines is 1. The molecular formula is C23H26N2O3. The van der Waals surface area contributed by atoms with Crippen LogP contribution in [0, 0.1) is 0 Å². The van der Waals surface area contributed by atoms with Crippen molar-refractivity contribution in [3.8, 4) is 5.75 Å². The van der Waals surface area contributed by atoms with E-state index in [2.05, 4.69) is 17.6 Å². The third-order valence-electron chi connectivity index (χ3n) is 4.55. The van der Waals surface area contributed by atoms with E-state index in [-0.39, 0.29) is 12.5 Å². The number of hydrogen-bond acceptors (Lipinski definition) is 4. The van der Waals surface area contributed by atoms with Gasteiger partial charge in [0, 0.05) is 35.1 Å². The number of hydrogen-bond donors (Lipinski definition) is 3. The van der Waals surface area contributed by atoms with E-state index in [1.807, 2.05) is 60.7 Å². The van der Waals surface area contributed by atoms with E-state index in [0.717, 1.165) is 34.2 Å². The molecule has 5 nitrogen and oxygen atoms in total. The molecule has 28 heavy (non-hydrogen) atoms. The van der Waals surface area contributed by atoms with Crippen LogP contribution in [0.4, 0.5) is 5.69 Å². The lowest BCUT2D eigenvalue weighted by atomic mass is 10.1. The number of carbonyl (C=O) groups is 1. The first kappa shape index (κ1) is 19.9. The molecule has 3 rings (SSSR count). The lowest BCUT2D eigenvalue weighted by molar-refractivity contribution is 0.102. The molecule has 5 heteroatoms. The number of benzene rings is 3. The quantitative estimate of drug-likeness (QED) is 0.498. The number of nitrogens with one attached hydrogen (secondary N) is 2. The van der Waals surface area contributed by atoms with Crippen molar-refractivity contribution in [1.82, 2.24) is 5.32 Å². The number of aliphatic hydroxyl groups excluding tert-OH is 1. The highest BCUT2D eigenvalue weighted by Crippen LogP contribution is 2.32. The predicted octanol–water partition coefficient (Wildman–Crippen LogP) is 3.62. The Morgan fingerprint density at radius 3 is 2.61 bits per heavy atom. The van der Waals surface area contributed by atoms with Gasteiger partial charge in [0.1, 0.15) is 12.4 Å². The fraction of sp³-hybridized carbons (Fsp3) is 0.261. The Morgan fingerprint density at radius 1 is 1.00 bits per heavy atom. The van der Waals surface area contributed by atoms with Crippen molar-refractivity contribution in [3.05, 3.63) is 71.8 Å². The first-order valence-corrected chi connectivity index (χ1v) is 9.59. The van der Waals surface area contributed by atoms with Gasteiger partial charge in [-0.25, -0.2) is 0 Å². The fourth-order valence-electron chi connectivity index (χ4n) is 3.07. The maximum Gasteiger partial charge on any atom is 0.255 e. The molecular weight excluding hydrogens is 352 g/mol. The Morgan fingerprint density at radius 2 is 1.82 bits per heavy atom. The molecule has 0 aliphatic rings. The van der Waals surface area contributed by atoms with Crippen molar-refractivity contribution in [2.75, 3.05) is 31.6 Å². The molecule has 0 atom stereocenters. The standard InChI is InChI=1S/C23H26N2O3/c1-2-17-6-5-7-18(16-17)23(27)25-21-10-11-22(28-15-13-24-12-14-26)20-9-4-3-8-19(20)21/h3-11,16,24,26H,2,12-15H2,1H3,(H,25,27). The Hall–Kier alpha value is -2.89. The minimum atomic E-state index is -0.123. The smallest absolute Gasteiger partial charge is 0.255 e. The summed E-state index contributed by atoms with van der Waals surface area (Å²) in [5.41, 5.74) is 2.54. The van der Waals surface area contributed by atoms with Crippen molar-refractivity contribution in [1.29, 1.82) is 0 Å². The molecule has 0 aliphatic heterocycles. The van der Waals surface area contributed by atoms with E-state index in [1.54, 1.807) is 0 Å². The molecule has 0 aliphatic carbocycles. The summed E-state index contributed by atoms with van der Waals surface area (Å²) in [4.78, 5) is 12.7. The summed E-state index contributed by atoms with van der Waals surface area (Å²) in [6.45, 7) is 3.88. The average molecular weight is 378 g/mol. The van der Waals surface area contributed by atoms with Gasteiger partial charge < -0.3 is 20.5 Å². The van der Waals surface area contributed by atoms with Crippen LogP contribution in [0.15, 0.2) is 60.7 Å². The Balaban J connectivity index is 1.78. The number of ether oxygens (including phenoxy) is 1. The van der Waals surface area contributed by atoms with Gasteiger partial charge in [0.15, 0.2) is 0 Å². The minimum Gasteiger partial charge on any atom is -0.492 e. The number of fused-ring (bicyclic) bond motifs is 1. The van der Waals surface area contributed by atoms with Crippen molar-refractivity contribution >= 4 is 22.4 Å². The molecule has 0 saturated carbocycles. The van der Waals surface area contributed by atoms with Crippen molar-refractivity contribution in [3.63, 3.8) is 0 Å². The molecule has 0 radical (unpaired) electrons. The Kier molecular flexibility index (Phi) is 7.00. The maximum atomic E-state index is 12.7. The monoisotopic (exact) mass is 378 g/mol. The van der Waals surface area contributed by atoms with Gasteiger partial charge in [0.05, 0.1) is 6.61 Å². The highest BCUT2D eigenvalue weighted by Gasteiger charge is 2.11. The van der Waals surface area contributed by atoms with Gasteiger partial charge in [-0.15, -0.1) is 0 Å². The van der Waals surface area contributed by atoms with E-state index in [4.69, 9.17) is 9.84 Å². The zero-order valence-electron chi connectivity index (χ0n) is 16.1. The largest absolute Gasteiger partial charge is 0.492 e. The van der Waals surface area contributed by atoms with Crippen molar-refractivity contribution in [2.45, 2.75) is 13.3 Å². The molecule has 3 aromatic rings.